The molecule has 1 heterocycles. The van der Waals surface area contributed by atoms with Gasteiger partial charge < -0.3 is 15.4 Å². The highest BCUT2D eigenvalue weighted by atomic mass is 35.5. The van der Waals surface area contributed by atoms with E-state index in [-0.39, 0.29) is 11.8 Å². The quantitative estimate of drug-likeness (QED) is 0.690. The number of carbonyl (C=O) groups is 1. The van der Waals surface area contributed by atoms with E-state index < -0.39 is 5.97 Å². The van der Waals surface area contributed by atoms with E-state index in [9.17, 15) is 4.79 Å². The third-order valence-electron chi connectivity index (χ3n) is 3.07. The number of nitrogens with one attached hydrogen (secondary N) is 2. The molecule has 5 nitrogen and oxygen atoms in total. The first-order chi connectivity index (χ1) is 10.7. The summed E-state index contributed by atoms with van der Waals surface area (Å²) in [7, 11) is 0. The maximum Gasteiger partial charge on any atom is 0.304 e. The number of aromatic nitrogens is 2. The van der Waals surface area contributed by atoms with Gasteiger partial charge in [0.1, 0.15) is 10.1 Å². The summed E-state index contributed by atoms with van der Waals surface area (Å²) >= 11 is 12.8. The van der Waals surface area contributed by atoms with Gasteiger partial charge >= 0.3 is 5.97 Å². The van der Waals surface area contributed by atoms with Crippen LogP contribution in [0.2, 0.25) is 5.02 Å². The van der Waals surface area contributed by atoms with Gasteiger partial charge in [0.2, 0.25) is 0 Å². The number of carboxylic acid groups (broad SMARTS) is 1. The summed E-state index contributed by atoms with van der Waals surface area (Å²) in [5, 5.41) is 12.2. The predicted molar refractivity (Wildman–Crippen MR) is 101 cm³/mol. The molecule has 1 aromatic carbocycles. The Labute approximate surface area is 149 Å². The maximum atomic E-state index is 10.5. The number of thioether (sulfide) groups is 1. The average molecular weight is 372 g/mol. The van der Waals surface area contributed by atoms with Crippen LogP contribution in [0.5, 0.6) is 0 Å². The monoisotopic (exact) mass is 371 g/mol. The zero-order chi connectivity index (χ0) is 17.2. The van der Waals surface area contributed by atoms with Crippen molar-refractivity contribution in [3.63, 3.8) is 0 Å². The van der Waals surface area contributed by atoms with E-state index in [1.54, 1.807) is 6.07 Å². The second-order valence-corrected chi connectivity index (χ2v) is 8.27. The van der Waals surface area contributed by atoms with Crippen molar-refractivity contribution < 1.29 is 9.90 Å². The van der Waals surface area contributed by atoms with Gasteiger partial charge in [0.25, 0.3) is 0 Å². The molecule has 8 heteroatoms. The Morgan fingerprint density at radius 2 is 2.17 bits per heavy atom. The number of benzene rings is 1. The number of thiocarbonyl (C=S) groups is 1. The number of imidazole rings is 1. The first kappa shape index (κ1) is 18.0. The number of fused-ring (bicyclic) bond motifs is 1. The van der Waals surface area contributed by atoms with Crippen molar-refractivity contribution in [2.24, 2.45) is 0 Å². The van der Waals surface area contributed by atoms with E-state index in [1.165, 1.54) is 11.8 Å². The number of hydrogen-bond donors (Lipinski definition) is 3. The van der Waals surface area contributed by atoms with Crippen molar-refractivity contribution in [1.29, 1.82) is 0 Å². The average Bonchev–Trinajstić information content (AvgIpc) is 2.81. The van der Waals surface area contributed by atoms with Crippen molar-refractivity contribution in [2.45, 2.75) is 32.6 Å². The number of aliphatic carboxylic acids is 1. The molecule has 0 atom stereocenters. The van der Waals surface area contributed by atoms with Gasteiger partial charge in [0.05, 0.1) is 28.2 Å². The number of halogens is 1. The standard InChI is InChI=1S/C15H18ClN3O2S2/c1-15(2,3)13-17-10-6-8(16)9(7-11(10)18-13)19-14(22)23-5-4-12(20)21/h6-7H,4-5H2,1-3H3,(H,17,18)(H,19,22)(H,20,21). The van der Waals surface area contributed by atoms with Crippen LogP contribution >= 0.6 is 35.6 Å². The van der Waals surface area contributed by atoms with E-state index in [2.05, 4.69) is 36.1 Å². The van der Waals surface area contributed by atoms with Crippen LogP contribution in [0.25, 0.3) is 11.0 Å². The minimum absolute atomic E-state index is 0.0642. The third-order valence-corrected chi connectivity index (χ3v) is 4.61. The minimum atomic E-state index is -0.841. The van der Waals surface area contributed by atoms with Gasteiger partial charge in [-0.2, -0.15) is 0 Å². The molecule has 0 aliphatic carbocycles. The van der Waals surface area contributed by atoms with Gasteiger partial charge in [0, 0.05) is 11.2 Å². The molecule has 2 aromatic rings. The molecule has 1 aromatic heterocycles. The molecule has 0 saturated heterocycles. The molecule has 0 spiro atoms. The van der Waals surface area contributed by atoms with Gasteiger partial charge in [-0.25, -0.2) is 4.98 Å². The molecule has 0 unspecified atom stereocenters. The Balaban J connectivity index is 2.16. The van der Waals surface area contributed by atoms with Crippen LogP contribution in [0.1, 0.15) is 33.0 Å². The maximum absolute atomic E-state index is 10.5. The zero-order valence-electron chi connectivity index (χ0n) is 13.1. The molecule has 0 amide bonds. The second kappa shape index (κ2) is 7.07. The Morgan fingerprint density at radius 3 is 2.78 bits per heavy atom. The smallest absolute Gasteiger partial charge is 0.304 e. The molecule has 0 fully saturated rings. The van der Waals surface area contributed by atoms with Crippen LogP contribution in [-0.2, 0) is 10.2 Å². The number of nitrogens with zero attached hydrogens (tertiary/aromatic N) is 1. The Hall–Kier alpha value is -1.31. The van der Waals surface area contributed by atoms with Gasteiger partial charge in [-0.1, -0.05) is 56.4 Å². The summed E-state index contributed by atoms with van der Waals surface area (Å²) in [4.78, 5) is 18.4. The number of hydrogen-bond acceptors (Lipinski definition) is 4. The topological polar surface area (TPSA) is 78.0 Å². The molecule has 0 aliphatic rings. The SMILES string of the molecule is CC(C)(C)c1nc2cc(Cl)c(NC(=S)SCCC(=O)O)cc2[nH]1. The lowest BCUT2D eigenvalue weighted by Gasteiger charge is -2.13. The van der Waals surface area contributed by atoms with Gasteiger partial charge in [-0.05, 0) is 12.1 Å². The number of H-pyrrole nitrogens is 1. The minimum Gasteiger partial charge on any atom is -0.481 e. The van der Waals surface area contributed by atoms with E-state index in [1.807, 2.05) is 6.07 Å². The molecule has 2 rings (SSSR count). The molecule has 0 aliphatic heterocycles. The predicted octanol–water partition coefficient (Wildman–Crippen LogP) is 4.42. The molecule has 23 heavy (non-hydrogen) atoms. The molecule has 0 saturated carbocycles. The van der Waals surface area contributed by atoms with Crippen LogP contribution < -0.4 is 5.32 Å². The summed E-state index contributed by atoms with van der Waals surface area (Å²) in [6.07, 6.45) is 0.0642. The van der Waals surface area contributed by atoms with Crippen molar-refractivity contribution in [3.8, 4) is 0 Å². The summed E-state index contributed by atoms with van der Waals surface area (Å²) < 4.78 is 0.489. The number of rotatable bonds is 4. The van der Waals surface area contributed by atoms with Crippen molar-refractivity contribution in [1.82, 2.24) is 9.97 Å². The van der Waals surface area contributed by atoms with Crippen molar-refractivity contribution in [3.05, 3.63) is 23.0 Å². The lowest BCUT2D eigenvalue weighted by atomic mass is 9.96. The van der Waals surface area contributed by atoms with Gasteiger partial charge in [-0.15, -0.1) is 0 Å². The first-order valence-corrected chi connectivity index (χ1v) is 8.79. The lowest BCUT2D eigenvalue weighted by molar-refractivity contribution is -0.136. The highest BCUT2D eigenvalue weighted by molar-refractivity contribution is 8.23. The Morgan fingerprint density at radius 1 is 1.48 bits per heavy atom. The van der Waals surface area contributed by atoms with Crippen molar-refractivity contribution in [2.75, 3.05) is 11.1 Å². The summed E-state index contributed by atoms with van der Waals surface area (Å²) in [6, 6.07) is 3.65. The number of anilines is 1. The third kappa shape index (κ3) is 4.83. The first-order valence-electron chi connectivity index (χ1n) is 7.02. The van der Waals surface area contributed by atoms with Crippen molar-refractivity contribution >= 4 is 62.6 Å². The summed E-state index contributed by atoms with van der Waals surface area (Å²) in [5.74, 6) is 0.463. The molecular weight excluding hydrogens is 354 g/mol. The number of carboxylic acids is 1. The summed E-state index contributed by atoms with van der Waals surface area (Å²) in [5.41, 5.74) is 2.27. The highest BCUT2D eigenvalue weighted by Gasteiger charge is 2.19. The van der Waals surface area contributed by atoms with Gasteiger partial charge in [-0.3, -0.25) is 4.79 Å². The summed E-state index contributed by atoms with van der Waals surface area (Å²) in [6.45, 7) is 6.25. The fraction of sp³-hybridized carbons (Fsp3) is 0.400. The van der Waals surface area contributed by atoms with Crippen LogP contribution in [-0.4, -0.2) is 31.1 Å². The molecule has 3 N–H and O–H groups in total. The molecule has 0 bridgehead atoms. The van der Waals surface area contributed by atoms with E-state index >= 15 is 0 Å². The Kier molecular flexibility index (Phi) is 5.54. The van der Waals surface area contributed by atoms with E-state index in [4.69, 9.17) is 28.9 Å². The Bertz CT molecular complexity index is 753. The van der Waals surface area contributed by atoms with Crippen LogP contribution in [0.4, 0.5) is 5.69 Å². The fourth-order valence-electron chi connectivity index (χ4n) is 1.86. The van der Waals surface area contributed by atoms with E-state index in [0.29, 0.717) is 20.8 Å². The van der Waals surface area contributed by atoms with Crippen LogP contribution in [0, 0.1) is 0 Å². The highest BCUT2D eigenvalue weighted by Crippen LogP contribution is 2.30. The molecular formula is C15H18ClN3O2S2. The van der Waals surface area contributed by atoms with E-state index in [0.717, 1.165) is 16.9 Å². The fourth-order valence-corrected chi connectivity index (χ4v) is 3.07. The largest absolute Gasteiger partial charge is 0.481 e. The van der Waals surface area contributed by atoms with Crippen LogP contribution in [0.3, 0.4) is 0 Å². The normalized spacial score (nSPS) is 11.7. The van der Waals surface area contributed by atoms with Gasteiger partial charge in [0.15, 0.2) is 0 Å². The zero-order valence-corrected chi connectivity index (χ0v) is 15.5. The molecule has 124 valence electrons. The second-order valence-electron chi connectivity index (χ2n) is 6.09. The lowest BCUT2D eigenvalue weighted by Crippen LogP contribution is -2.12. The number of aromatic amines is 1. The van der Waals surface area contributed by atoms with Crippen LogP contribution in [0.15, 0.2) is 12.1 Å². The molecule has 0 radical (unpaired) electrons.